The van der Waals surface area contributed by atoms with Gasteiger partial charge in [0.15, 0.2) is 0 Å². The Balaban J connectivity index is 2.14. The Morgan fingerprint density at radius 3 is 2.95 bits per heavy atom. The average Bonchev–Trinajstić information content (AvgIpc) is 2.86. The van der Waals surface area contributed by atoms with Gasteiger partial charge in [0.25, 0.3) is 5.91 Å². The molecular formula is C16H18N4O2. The fourth-order valence-electron chi connectivity index (χ4n) is 1.84. The fourth-order valence-corrected chi connectivity index (χ4v) is 1.84. The van der Waals surface area contributed by atoms with E-state index in [0.29, 0.717) is 35.2 Å². The molecule has 0 bridgehead atoms. The predicted octanol–water partition coefficient (Wildman–Crippen LogP) is 2.58. The van der Waals surface area contributed by atoms with E-state index >= 15 is 0 Å². The molecule has 1 aromatic heterocycles. The SMILES string of the molecule is CC(C)COc1cccc(C(=O)Nc2c(C#N)cnn2C)c1. The molecule has 0 spiro atoms. The van der Waals surface area contributed by atoms with Crippen LogP contribution < -0.4 is 10.1 Å². The number of benzene rings is 1. The summed E-state index contributed by atoms with van der Waals surface area (Å²) >= 11 is 0. The minimum absolute atomic E-state index is 0.310. The first-order valence-electron chi connectivity index (χ1n) is 6.97. The number of nitrogens with one attached hydrogen (secondary N) is 1. The molecule has 0 aliphatic carbocycles. The van der Waals surface area contributed by atoms with E-state index in [9.17, 15) is 4.79 Å². The Kier molecular flexibility index (Phi) is 4.79. The van der Waals surface area contributed by atoms with Crippen LogP contribution in [0.5, 0.6) is 5.75 Å². The number of aryl methyl sites for hydroxylation is 1. The van der Waals surface area contributed by atoms with Gasteiger partial charge in [-0.05, 0) is 24.1 Å². The summed E-state index contributed by atoms with van der Waals surface area (Å²) in [6.45, 7) is 4.70. The van der Waals surface area contributed by atoms with E-state index in [0.717, 1.165) is 0 Å². The molecule has 6 heteroatoms. The first kappa shape index (κ1) is 15.6. The zero-order valence-electron chi connectivity index (χ0n) is 12.8. The molecule has 0 atom stereocenters. The van der Waals surface area contributed by atoms with Gasteiger partial charge in [0.1, 0.15) is 23.2 Å². The number of ether oxygens (including phenoxy) is 1. The Labute approximate surface area is 129 Å². The second kappa shape index (κ2) is 6.76. The van der Waals surface area contributed by atoms with Crippen LogP contribution in [0.4, 0.5) is 5.82 Å². The summed E-state index contributed by atoms with van der Waals surface area (Å²) < 4.78 is 7.07. The second-order valence-electron chi connectivity index (χ2n) is 5.33. The van der Waals surface area contributed by atoms with Crippen molar-refractivity contribution in [3.8, 4) is 11.8 Å². The van der Waals surface area contributed by atoms with Gasteiger partial charge in [-0.25, -0.2) is 0 Å². The minimum atomic E-state index is -0.310. The molecule has 114 valence electrons. The molecule has 0 radical (unpaired) electrons. The highest BCUT2D eigenvalue weighted by Crippen LogP contribution is 2.17. The lowest BCUT2D eigenvalue weighted by Crippen LogP contribution is -2.15. The number of aromatic nitrogens is 2. The van der Waals surface area contributed by atoms with Crippen molar-refractivity contribution in [3.05, 3.63) is 41.6 Å². The van der Waals surface area contributed by atoms with Gasteiger partial charge in [0.2, 0.25) is 0 Å². The number of anilines is 1. The number of rotatable bonds is 5. The highest BCUT2D eigenvalue weighted by atomic mass is 16.5. The van der Waals surface area contributed by atoms with Crippen LogP contribution in [0.2, 0.25) is 0 Å². The Morgan fingerprint density at radius 1 is 1.50 bits per heavy atom. The van der Waals surface area contributed by atoms with Crippen molar-refractivity contribution in [3.63, 3.8) is 0 Å². The molecular weight excluding hydrogens is 280 g/mol. The predicted molar refractivity (Wildman–Crippen MR) is 82.7 cm³/mol. The van der Waals surface area contributed by atoms with Crippen molar-refractivity contribution in [2.75, 3.05) is 11.9 Å². The number of nitrogens with zero attached hydrogens (tertiary/aromatic N) is 3. The minimum Gasteiger partial charge on any atom is -0.493 e. The van der Waals surface area contributed by atoms with E-state index in [1.54, 1.807) is 25.2 Å². The molecule has 22 heavy (non-hydrogen) atoms. The topological polar surface area (TPSA) is 79.9 Å². The van der Waals surface area contributed by atoms with Gasteiger partial charge in [-0.3, -0.25) is 9.48 Å². The highest BCUT2D eigenvalue weighted by molar-refractivity contribution is 6.04. The van der Waals surface area contributed by atoms with Crippen molar-refractivity contribution in [1.29, 1.82) is 5.26 Å². The second-order valence-corrected chi connectivity index (χ2v) is 5.33. The highest BCUT2D eigenvalue weighted by Gasteiger charge is 2.13. The summed E-state index contributed by atoms with van der Waals surface area (Å²) in [6.07, 6.45) is 1.41. The van der Waals surface area contributed by atoms with Crippen LogP contribution in [0, 0.1) is 17.2 Å². The van der Waals surface area contributed by atoms with Crippen LogP contribution in [-0.4, -0.2) is 22.3 Å². The average molecular weight is 298 g/mol. The Hall–Kier alpha value is -2.81. The van der Waals surface area contributed by atoms with E-state index in [1.807, 2.05) is 12.1 Å². The van der Waals surface area contributed by atoms with Gasteiger partial charge in [0, 0.05) is 12.6 Å². The summed E-state index contributed by atoms with van der Waals surface area (Å²) in [5.41, 5.74) is 0.786. The maximum absolute atomic E-state index is 12.3. The van der Waals surface area contributed by atoms with E-state index in [2.05, 4.69) is 24.3 Å². The van der Waals surface area contributed by atoms with Gasteiger partial charge in [-0.1, -0.05) is 19.9 Å². The molecule has 0 aliphatic rings. The van der Waals surface area contributed by atoms with E-state index in [1.165, 1.54) is 10.9 Å². The van der Waals surface area contributed by atoms with Crippen LogP contribution in [-0.2, 0) is 7.05 Å². The lowest BCUT2D eigenvalue weighted by molar-refractivity contribution is 0.102. The summed E-state index contributed by atoms with van der Waals surface area (Å²) in [7, 11) is 1.67. The number of hydrogen-bond acceptors (Lipinski definition) is 4. The molecule has 0 unspecified atom stereocenters. The number of amides is 1. The molecule has 0 saturated heterocycles. The third-order valence-corrected chi connectivity index (χ3v) is 2.97. The molecule has 0 fully saturated rings. The van der Waals surface area contributed by atoms with Crippen LogP contribution in [0.3, 0.4) is 0 Å². The zero-order chi connectivity index (χ0) is 16.1. The van der Waals surface area contributed by atoms with Crippen LogP contribution in [0.25, 0.3) is 0 Å². The summed E-state index contributed by atoms with van der Waals surface area (Å²) in [4.78, 5) is 12.3. The van der Waals surface area contributed by atoms with E-state index in [4.69, 9.17) is 10.00 Å². The number of carbonyl (C=O) groups excluding carboxylic acids is 1. The van der Waals surface area contributed by atoms with Crippen molar-refractivity contribution in [2.24, 2.45) is 13.0 Å². The normalized spacial score (nSPS) is 10.3. The zero-order valence-corrected chi connectivity index (χ0v) is 12.8. The molecule has 2 rings (SSSR count). The lowest BCUT2D eigenvalue weighted by atomic mass is 10.2. The van der Waals surface area contributed by atoms with E-state index < -0.39 is 0 Å². The van der Waals surface area contributed by atoms with Gasteiger partial charge in [-0.15, -0.1) is 0 Å². The summed E-state index contributed by atoms with van der Waals surface area (Å²) in [5.74, 6) is 1.12. The molecule has 0 aliphatic heterocycles. The Bertz CT molecular complexity index is 713. The third kappa shape index (κ3) is 3.64. The summed E-state index contributed by atoms with van der Waals surface area (Å²) in [5, 5.41) is 15.7. The van der Waals surface area contributed by atoms with Gasteiger partial charge in [0.05, 0.1) is 12.8 Å². The van der Waals surface area contributed by atoms with Crippen molar-refractivity contribution in [1.82, 2.24) is 9.78 Å². The molecule has 1 N–H and O–H groups in total. The lowest BCUT2D eigenvalue weighted by Gasteiger charge is -2.10. The maximum atomic E-state index is 12.3. The molecule has 2 aromatic rings. The molecule has 1 heterocycles. The molecule has 0 saturated carbocycles. The van der Waals surface area contributed by atoms with Crippen LogP contribution >= 0.6 is 0 Å². The van der Waals surface area contributed by atoms with E-state index in [-0.39, 0.29) is 5.91 Å². The molecule has 6 nitrogen and oxygen atoms in total. The van der Waals surface area contributed by atoms with Crippen molar-refractivity contribution < 1.29 is 9.53 Å². The number of carbonyl (C=O) groups is 1. The van der Waals surface area contributed by atoms with Crippen molar-refractivity contribution in [2.45, 2.75) is 13.8 Å². The first-order valence-corrected chi connectivity index (χ1v) is 6.97. The quantitative estimate of drug-likeness (QED) is 0.920. The number of hydrogen-bond donors (Lipinski definition) is 1. The van der Waals surface area contributed by atoms with Gasteiger partial charge >= 0.3 is 0 Å². The summed E-state index contributed by atoms with van der Waals surface area (Å²) in [6, 6.07) is 8.94. The molecule has 1 aromatic carbocycles. The van der Waals surface area contributed by atoms with Gasteiger partial charge in [-0.2, -0.15) is 10.4 Å². The van der Waals surface area contributed by atoms with Crippen molar-refractivity contribution >= 4 is 11.7 Å². The molecule has 1 amide bonds. The number of nitriles is 1. The monoisotopic (exact) mass is 298 g/mol. The standard InChI is InChI=1S/C16H18N4O2/c1-11(2)10-22-14-6-4-5-12(7-14)16(21)19-15-13(8-17)9-18-20(15)3/h4-7,9,11H,10H2,1-3H3,(H,19,21). The first-order chi connectivity index (χ1) is 10.5. The largest absolute Gasteiger partial charge is 0.493 e. The Morgan fingerprint density at radius 2 is 2.27 bits per heavy atom. The van der Waals surface area contributed by atoms with Gasteiger partial charge < -0.3 is 10.1 Å². The fraction of sp³-hybridized carbons (Fsp3) is 0.312. The van der Waals surface area contributed by atoms with Crippen LogP contribution in [0.1, 0.15) is 29.8 Å². The maximum Gasteiger partial charge on any atom is 0.256 e. The smallest absolute Gasteiger partial charge is 0.256 e. The van der Waals surface area contributed by atoms with Crippen LogP contribution in [0.15, 0.2) is 30.5 Å². The third-order valence-electron chi connectivity index (χ3n) is 2.97.